The molecule has 0 bridgehead atoms. The predicted molar refractivity (Wildman–Crippen MR) is 103 cm³/mol. The summed E-state index contributed by atoms with van der Waals surface area (Å²) in [7, 11) is 3.37. The molecule has 0 saturated heterocycles. The third-order valence-corrected chi connectivity index (χ3v) is 4.25. The number of carbonyl (C=O) groups is 2. The first-order valence-electron chi connectivity index (χ1n) is 8.21. The number of hydrogen-bond acceptors (Lipinski definition) is 3. The van der Waals surface area contributed by atoms with Crippen LogP contribution in [-0.4, -0.2) is 38.6 Å². The van der Waals surface area contributed by atoms with Gasteiger partial charge in [0.05, 0.1) is 14.2 Å². The molecule has 0 heterocycles. The first-order valence-corrected chi connectivity index (χ1v) is 8.59. The molecule has 0 radical (unpaired) electrons. The Morgan fingerprint density at radius 1 is 1.12 bits per heavy atom. The van der Waals surface area contributed by atoms with E-state index in [-0.39, 0.29) is 18.4 Å². The topological polar surface area (TPSA) is 71.9 Å². The fourth-order valence-electron chi connectivity index (χ4n) is 2.35. The summed E-state index contributed by atoms with van der Waals surface area (Å²) in [5.41, 5.74) is 1.28. The van der Waals surface area contributed by atoms with Gasteiger partial charge in [0.1, 0.15) is 5.75 Å². The Balaban J connectivity index is 1.89. The van der Waals surface area contributed by atoms with E-state index in [2.05, 4.69) is 10.6 Å². The molecule has 0 fully saturated rings. The molecule has 6 nitrogen and oxygen atoms in total. The van der Waals surface area contributed by atoms with Gasteiger partial charge in [-0.15, -0.1) is 0 Å². The van der Waals surface area contributed by atoms with Crippen LogP contribution in [0.25, 0.3) is 0 Å². The van der Waals surface area contributed by atoms with Crippen LogP contribution in [0.2, 0.25) is 5.02 Å². The van der Waals surface area contributed by atoms with Crippen LogP contribution >= 0.6 is 11.6 Å². The highest BCUT2D eigenvalue weighted by Crippen LogP contribution is 2.16. The molecule has 138 valence electrons. The van der Waals surface area contributed by atoms with Crippen molar-refractivity contribution in [3.63, 3.8) is 0 Å². The summed E-state index contributed by atoms with van der Waals surface area (Å²) in [6.07, 6.45) is 0. The lowest BCUT2D eigenvalue weighted by atomic mass is 10.2. The Kier molecular flexibility index (Phi) is 7.00. The van der Waals surface area contributed by atoms with E-state index in [9.17, 15) is 9.59 Å². The van der Waals surface area contributed by atoms with Crippen LogP contribution in [-0.2, 0) is 9.59 Å². The van der Waals surface area contributed by atoms with Gasteiger partial charge in [0.25, 0.3) is 11.8 Å². The first-order chi connectivity index (χ1) is 12.4. The molecule has 7 heteroatoms. The van der Waals surface area contributed by atoms with E-state index in [1.807, 2.05) is 0 Å². The van der Waals surface area contributed by atoms with Gasteiger partial charge in [0.15, 0.2) is 12.6 Å². The van der Waals surface area contributed by atoms with Crippen molar-refractivity contribution in [1.82, 2.24) is 0 Å². The average Bonchev–Trinajstić information content (AvgIpc) is 2.61. The van der Waals surface area contributed by atoms with E-state index in [0.717, 1.165) is 4.90 Å². The van der Waals surface area contributed by atoms with Gasteiger partial charge in [0, 0.05) is 22.5 Å². The van der Waals surface area contributed by atoms with Gasteiger partial charge in [-0.3, -0.25) is 9.59 Å². The molecule has 2 atom stereocenters. The lowest BCUT2D eigenvalue weighted by molar-refractivity contribution is -0.885. The predicted octanol–water partition coefficient (Wildman–Crippen LogP) is 1.83. The molecular weight excluding hydrogens is 354 g/mol. The Morgan fingerprint density at radius 3 is 2.42 bits per heavy atom. The molecule has 26 heavy (non-hydrogen) atoms. The number of halogens is 1. The Morgan fingerprint density at radius 2 is 1.77 bits per heavy atom. The minimum atomic E-state index is -0.412. The summed E-state index contributed by atoms with van der Waals surface area (Å²) in [5, 5.41) is 6.17. The van der Waals surface area contributed by atoms with Gasteiger partial charge in [-0.1, -0.05) is 23.7 Å². The zero-order valence-corrected chi connectivity index (χ0v) is 15.8. The van der Waals surface area contributed by atoms with Crippen molar-refractivity contribution < 1.29 is 19.2 Å². The lowest BCUT2D eigenvalue weighted by Crippen LogP contribution is -3.14. The van der Waals surface area contributed by atoms with Gasteiger partial charge in [-0.05, 0) is 37.3 Å². The molecule has 1 unspecified atom stereocenters. The van der Waals surface area contributed by atoms with E-state index >= 15 is 0 Å². The largest absolute Gasteiger partial charge is 0.497 e. The maximum absolute atomic E-state index is 12.4. The number of rotatable bonds is 7. The van der Waals surface area contributed by atoms with Crippen molar-refractivity contribution in [2.24, 2.45) is 0 Å². The van der Waals surface area contributed by atoms with Crippen molar-refractivity contribution in [3.8, 4) is 5.75 Å². The van der Waals surface area contributed by atoms with Crippen LogP contribution in [0.5, 0.6) is 5.75 Å². The lowest BCUT2D eigenvalue weighted by Gasteiger charge is -2.20. The molecular formula is C19H23ClN3O3+. The normalized spacial score (nSPS) is 12.8. The van der Waals surface area contributed by atoms with Crippen molar-refractivity contribution in [2.45, 2.75) is 13.0 Å². The molecule has 2 rings (SSSR count). The maximum atomic E-state index is 12.4. The number of benzene rings is 2. The molecule has 2 aromatic rings. The van der Waals surface area contributed by atoms with Crippen LogP contribution in [0.4, 0.5) is 11.4 Å². The molecule has 3 N–H and O–H groups in total. The molecule has 0 aliphatic heterocycles. The molecule has 2 amide bonds. The maximum Gasteiger partial charge on any atom is 0.282 e. The molecule has 0 spiro atoms. The minimum Gasteiger partial charge on any atom is -0.497 e. The van der Waals surface area contributed by atoms with Crippen molar-refractivity contribution in [2.75, 3.05) is 31.3 Å². The van der Waals surface area contributed by atoms with Crippen LogP contribution in [0.3, 0.4) is 0 Å². The minimum absolute atomic E-state index is 0.154. The molecule has 2 aromatic carbocycles. The highest BCUT2D eigenvalue weighted by molar-refractivity contribution is 6.30. The second kappa shape index (κ2) is 9.22. The van der Waals surface area contributed by atoms with E-state index in [4.69, 9.17) is 16.3 Å². The number of amides is 2. The van der Waals surface area contributed by atoms with Crippen LogP contribution in [0.1, 0.15) is 6.92 Å². The van der Waals surface area contributed by atoms with Gasteiger partial charge < -0.3 is 20.3 Å². The summed E-state index contributed by atoms with van der Waals surface area (Å²) >= 11 is 5.92. The summed E-state index contributed by atoms with van der Waals surface area (Å²) < 4.78 is 5.13. The molecule has 0 aromatic heterocycles. The van der Waals surface area contributed by atoms with Gasteiger partial charge in [-0.25, -0.2) is 0 Å². The monoisotopic (exact) mass is 376 g/mol. The van der Waals surface area contributed by atoms with Gasteiger partial charge >= 0.3 is 0 Å². The number of hydrogen-bond donors (Lipinski definition) is 3. The number of nitrogens with one attached hydrogen (secondary N) is 3. The highest BCUT2D eigenvalue weighted by Gasteiger charge is 2.24. The van der Waals surface area contributed by atoms with Crippen LogP contribution in [0.15, 0.2) is 48.5 Å². The Bertz CT molecular complexity index is 782. The fourth-order valence-corrected chi connectivity index (χ4v) is 2.54. The Hall–Kier alpha value is -2.57. The van der Waals surface area contributed by atoms with E-state index in [1.54, 1.807) is 69.6 Å². The van der Waals surface area contributed by atoms with Gasteiger partial charge in [-0.2, -0.15) is 0 Å². The highest BCUT2D eigenvalue weighted by atomic mass is 35.5. The zero-order chi connectivity index (χ0) is 19.1. The summed E-state index contributed by atoms with van der Waals surface area (Å²) in [4.78, 5) is 25.4. The number of quaternary nitrogens is 1. The van der Waals surface area contributed by atoms with Gasteiger partial charge in [0.2, 0.25) is 0 Å². The van der Waals surface area contributed by atoms with E-state index < -0.39 is 6.04 Å². The first kappa shape index (κ1) is 19.8. The standard InChI is InChI=1S/C19H22ClN3O3/c1-13(19(25)22-15-7-4-6-14(20)10-15)23(2)12-18(24)21-16-8-5-9-17(11-16)26-3/h4-11,13H,12H2,1-3H3,(H,21,24)(H,22,25)/p+1/t13-/m0/s1. The SMILES string of the molecule is COc1cccc(NC(=O)C[NH+](C)[C@@H](C)C(=O)Nc2cccc(Cl)c2)c1. The number of carbonyl (C=O) groups excluding carboxylic acids is 2. The van der Waals surface area contributed by atoms with Crippen LogP contribution < -0.4 is 20.3 Å². The van der Waals surface area contributed by atoms with E-state index in [0.29, 0.717) is 22.1 Å². The number of anilines is 2. The average molecular weight is 377 g/mol. The number of methoxy groups -OCH3 is 1. The zero-order valence-electron chi connectivity index (χ0n) is 15.0. The fraction of sp³-hybridized carbons (Fsp3) is 0.263. The summed E-state index contributed by atoms with van der Waals surface area (Å²) in [6, 6.07) is 13.7. The quantitative estimate of drug-likeness (QED) is 0.690. The number of likely N-dealkylation sites (N-methyl/N-ethyl adjacent to an activating group) is 1. The van der Waals surface area contributed by atoms with Crippen LogP contribution in [0, 0.1) is 0 Å². The smallest absolute Gasteiger partial charge is 0.282 e. The third kappa shape index (κ3) is 5.75. The summed E-state index contributed by atoms with van der Waals surface area (Å²) in [5.74, 6) is 0.301. The second-order valence-corrected chi connectivity index (χ2v) is 6.46. The third-order valence-electron chi connectivity index (χ3n) is 4.02. The van der Waals surface area contributed by atoms with Crippen molar-refractivity contribution in [3.05, 3.63) is 53.6 Å². The second-order valence-electron chi connectivity index (χ2n) is 6.02. The van der Waals surface area contributed by atoms with Crippen molar-refractivity contribution in [1.29, 1.82) is 0 Å². The Labute approximate surface area is 158 Å². The van der Waals surface area contributed by atoms with E-state index in [1.165, 1.54) is 0 Å². The molecule has 0 aliphatic carbocycles. The van der Waals surface area contributed by atoms with Crippen molar-refractivity contribution >= 4 is 34.8 Å². The molecule has 0 aliphatic rings. The summed E-state index contributed by atoms with van der Waals surface area (Å²) in [6.45, 7) is 1.93. The number of ether oxygens (including phenoxy) is 1. The molecule has 0 saturated carbocycles.